The maximum absolute atomic E-state index is 6.16. The van der Waals surface area contributed by atoms with Crippen molar-refractivity contribution in [2.75, 3.05) is 6.54 Å². The number of hydrogen-bond acceptors (Lipinski definition) is 1. The summed E-state index contributed by atoms with van der Waals surface area (Å²) in [4.78, 5) is 0. The highest BCUT2D eigenvalue weighted by Gasteiger charge is 2.07. The first kappa shape index (κ1) is 12.2. The predicted octanol–water partition coefficient (Wildman–Crippen LogP) is 3.55. The highest BCUT2D eigenvalue weighted by atomic mass is 35.5. The van der Waals surface area contributed by atoms with E-state index in [0.29, 0.717) is 0 Å². The Morgan fingerprint density at radius 2 is 2.06 bits per heavy atom. The molecule has 0 amide bonds. The standard InChI is InChI=1S/C14H17ClN2/c1-3-16-10-12-6-5-9-17(12)14-8-4-7-13(15)11(14)2/h4-9,16H,3,10H2,1-2H3. The summed E-state index contributed by atoms with van der Waals surface area (Å²) in [6.07, 6.45) is 2.07. The van der Waals surface area contributed by atoms with Gasteiger partial charge in [0.1, 0.15) is 0 Å². The van der Waals surface area contributed by atoms with Crippen molar-refractivity contribution in [2.45, 2.75) is 20.4 Å². The molecule has 3 heteroatoms. The van der Waals surface area contributed by atoms with E-state index in [9.17, 15) is 0 Å². The summed E-state index contributed by atoms with van der Waals surface area (Å²) in [7, 11) is 0. The molecule has 1 heterocycles. The molecule has 1 N–H and O–H groups in total. The van der Waals surface area contributed by atoms with E-state index in [1.54, 1.807) is 0 Å². The van der Waals surface area contributed by atoms with Crippen molar-refractivity contribution in [1.82, 2.24) is 9.88 Å². The average Bonchev–Trinajstić information content (AvgIpc) is 2.78. The van der Waals surface area contributed by atoms with E-state index in [2.05, 4.69) is 48.1 Å². The fraction of sp³-hybridized carbons (Fsp3) is 0.286. The van der Waals surface area contributed by atoms with Gasteiger partial charge in [0.2, 0.25) is 0 Å². The van der Waals surface area contributed by atoms with Crippen LogP contribution in [0.1, 0.15) is 18.2 Å². The van der Waals surface area contributed by atoms with Crippen molar-refractivity contribution in [3.8, 4) is 5.69 Å². The first-order valence-electron chi connectivity index (χ1n) is 5.86. The smallest absolute Gasteiger partial charge is 0.0496 e. The molecule has 0 aliphatic carbocycles. The Morgan fingerprint density at radius 1 is 1.24 bits per heavy atom. The highest BCUT2D eigenvalue weighted by molar-refractivity contribution is 6.31. The lowest BCUT2D eigenvalue weighted by atomic mass is 10.2. The zero-order chi connectivity index (χ0) is 12.3. The molecule has 0 aliphatic rings. The topological polar surface area (TPSA) is 17.0 Å². The zero-order valence-corrected chi connectivity index (χ0v) is 11.0. The van der Waals surface area contributed by atoms with E-state index >= 15 is 0 Å². The molecule has 1 aromatic heterocycles. The summed E-state index contributed by atoms with van der Waals surface area (Å²) in [5.74, 6) is 0. The molecule has 2 nitrogen and oxygen atoms in total. The molecule has 1 aromatic carbocycles. The molecule has 0 atom stereocenters. The zero-order valence-electron chi connectivity index (χ0n) is 10.2. The number of halogens is 1. The van der Waals surface area contributed by atoms with Crippen molar-refractivity contribution in [3.05, 3.63) is 52.8 Å². The van der Waals surface area contributed by atoms with Crippen LogP contribution in [-0.2, 0) is 6.54 Å². The summed E-state index contributed by atoms with van der Waals surface area (Å²) in [6, 6.07) is 10.2. The number of aromatic nitrogens is 1. The molecule has 0 aliphatic heterocycles. The van der Waals surface area contributed by atoms with Crippen LogP contribution in [0.3, 0.4) is 0 Å². The third kappa shape index (κ3) is 2.54. The second-order valence-corrected chi connectivity index (χ2v) is 4.44. The second kappa shape index (κ2) is 5.39. The SMILES string of the molecule is CCNCc1cccn1-c1cccc(Cl)c1C. The molecule has 0 bridgehead atoms. The van der Waals surface area contributed by atoms with E-state index < -0.39 is 0 Å². The Labute approximate surface area is 107 Å². The second-order valence-electron chi connectivity index (χ2n) is 4.03. The van der Waals surface area contributed by atoms with Gasteiger partial charge < -0.3 is 9.88 Å². The number of hydrogen-bond donors (Lipinski definition) is 1. The molecule has 0 radical (unpaired) electrons. The maximum atomic E-state index is 6.16. The minimum absolute atomic E-state index is 0.811. The lowest BCUT2D eigenvalue weighted by Crippen LogP contribution is -2.14. The number of rotatable bonds is 4. The Morgan fingerprint density at radius 3 is 2.82 bits per heavy atom. The molecular weight excluding hydrogens is 232 g/mol. The lowest BCUT2D eigenvalue weighted by molar-refractivity contribution is 0.697. The molecule has 0 spiro atoms. The Kier molecular flexibility index (Phi) is 3.87. The van der Waals surface area contributed by atoms with Crippen molar-refractivity contribution in [2.24, 2.45) is 0 Å². The molecule has 17 heavy (non-hydrogen) atoms. The molecule has 0 saturated carbocycles. The van der Waals surface area contributed by atoms with Gasteiger partial charge in [-0.15, -0.1) is 0 Å². The molecule has 2 rings (SSSR count). The van der Waals surface area contributed by atoms with E-state index in [4.69, 9.17) is 11.6 Å². The van der Waals surface area contributed by atoms with Gasteiger partial charge in [-0.2, -0.15) is 0 Å². The van der Waals surface area contributed by atoms with E-state index in [0.717, 1.165) is 29.4 Å². The summed E-state index contributed by atoms with van der Waals surface area (Å²) >= 11 is 6.16. The minimum atomic E-state index is 0.811. The molecule has 2 aromatic rings. The van der Waals surface area contributed by atoms with Crippen LogP contribution in [0.5, 0.6) is 0 Å². The highest BCUT2D eigenvalue weighted by Crippen LogP contribution is 2.23. The number of benzene rings is 1. The van der Waals surface area contributed by atoms with Gasteiger partial charge in [0.05, 0.1) is 0 Å². The Balaban J connectivity index is 2.39. The number of nitrogens with zero attached hydrogens (tertiary/aromatic N) is 1. The van der Waals surface area contributed by atoms with Crippen LogP contribution in [0.4, 0.5) is 0 Å². The van der Waals surface area contributed by atoms with Crippen molar-refractivity contribution < 1.29 is 0 Å². The van der Waals surface area contributed by atoms with Crippen LogP contribution in [0, 0.1) is 6.92 Å². The van der Waals surface area contributed by atoms with Gasteiger partial charge in [0.25, 0.3) is 0 Å². The van der Waals surface area contributed by atoms with Crippen molar-refractivity contribution in [1.29, 1.82) is 0 Å². The third-order valence-electron chi connectivity index (χ3n) is 2.89. The van der Waals surface area contributed by atoms with Gasteiger partial charge in [-0.3, -0.25) is 0 Å². The normalized spacial score (nSPS) is 10.8. The monoisotopic (exact) mass is 248 g/mol. The van der Waals surface area contributed by atoms with Crippen LogP contribution in [0.25, 0.3) is 5.69 Å². The van der Waals surface area contributed by atoms with Gasteiger partial charge >= 0.3 is 0 Å². The Bertz CT molecular complexity index is 503. The van der Waals surface area contributed by atoms with Crippen LogP contribution in [0.15, 0.2) is 36.5 Å². The van der Waals surface area contributed by atoms with Crippen LogP contribution >= 0.6 is 11.6 Å². The van der Waals surface area contributed by atoms with Gasteiger partial charge in [-0.05, 0) is 43.3 Å². The molecular formula is C14H17ClN2. The fourth-order valence-electron chi connectivity index (χ4n) is 1.91. The maximum Gasteiger partial charge on any atom is 0.0496 e. The third-order valence-corrected chi connectivity index (χ3v) is 3.30. The predicted molar refractivity (Wildman–Crippen MR) is 72.9 cm³/mol. The summed E-state index contributed by atoms with van der Waals surface area (Å²) in [5, 5.41) is 4.15. The summed E-state index contributed by atoms with van der Waals surface area (Å²) in [5.41, 5.74) is 3.51. The average molecular weight is 249 g/mol. The van der Waals surface area contributed by atoms with Crippen LogP contribution in [0.2, 0.25) is 5.02 Å². The molecule has 0 unspecified atom stereocenters. The van der Waals surface area contributed by atoms with E-state index in [1.807, 2.05) is 12.1 Å². The Hall–Kier alpha value is -1.25. The van der Waals surface area contributed by atoms with Gasteiger partial charge in [0.15, 0.2) is 0 Å². The molecule has 90 valence electrons. The quantitative estimate of drug-likeness (QED) is 0.876. The van der Waals surface area contributed by atoms with Crippen molar-refractivity contribution in [3.63, 3.8) is 0 Å². The summed E-state index contributed by atoms with van der Waals surface area (Å²) < 4.78 is 2.18. The number of nitrogens with one attached hydrogen (secondary N) is 1. The van der Waals surface area contributed by atoms with Gasteiger partial charge in [0, 0.05) is 29.1 Å². The molecule has 0 saturated heterocycles. The van der Waals surface area contributed by atoms with Crippen molar-refractivity contribution >= 4 is 11.6 Å². The van der Waals surface area contributed by atoms with Crippen LogP contribution < -0.4 is 5.32 Å². The van der Waals surface area contributed by atoms with E-state index in [1.165, 1.54) is 5.69 Å². The largest absolute Gasteiger partial charge is 0.319 e. The fourth-order valence-corrected chi connectivity index (χ4v) is 2.08. The van der Waals surface area contributed by atoms with Gasteiger partial charge in [-0.25, -0.2) is 0 Å². The van der Waals surface area contributed by atoms with Crippen LogP contribution in [-0.4, -0.2) is 11.1 Å². The lowest BCUT2D eigenvalue weighted by Gasteiger charge is -2.13. The first-order valence-corrected chi connectivity index (χ1v) is 6.24. The summed E-state index contributed by atoms with van der Waals surface area (Å²) in [6.45, 7) is 6.00. The van der Waals surface area contributed by atoms with E-state index in [-0.39, 0.29) is 0 Å². The minimum Gasteiger partial charge on any atom is -0.319 e. The molecule has 0 fully saturated rings. The first-order chi connectivity index (χ1) is 8.24. The van der Waals surface area contributed by atoms with Gasteiger partial charge in [-0.1, -0.05) is 24.6 Å².